The third-order valence-electron chi connectivity index (χ3n) is 2.85. The molecule has 0 aliphatic heterocycles. The van der Waals surface area contributed by atoms with Crippen LogP contribution in [0, 0.1) is 11.6 Å². The number of benzene rings is 2. The van der Waals surface area contributed by atoms with Gasteiger partial charge in [0.1, 0.15) is 5.82 Å². The van der Waals surface area contributed by atoms with Crippen molar-refractivity contribution in [2.45, 2.75) is 0 Å². The fourth-order valence-electron chi connectivity index (χ4n) is 1.99. The topological polar surface area (TPSA) is 36.0 Å². The number of halogens is 2. The van der Waals surface area contributed by atoms with Crippen LogP contribution in [-0.4, -0.2) is 10.1 Å². The molecule has 0 unspecified atom stereocenters. The first kappa shape index (κ1) is 10.8. The second-order valence-electron chi connectivity index (χ2n) is 4.05. The molecule has 0 saturated carbocycles. The summed E-state index contributed by atoms with van der Waals surface area (Å²) in [6.07, 6.45) is 0. The Labute approximate surface area is 102 Å². The molecule has 0 bridgehead atoms. The van der Waals surface area contributed by atoms with Gasteiger partial charge in [-0.1, -0.05) is 18.2 Å². The number of aromatic nitrogens is 1. The van der Waals surface area contributed by atoms with Gasteiger partial charge in [0, 0.05) is 22.5 Å². The SMILES string of the molecule is Oc1c(F)cc(F)cc1-c1cc2ccccc2[nH]1. The molecule has 1 heterocycles. The van der Waals surface area contributed by atoms with Gasteiger partial charge in [-0.15, -0.1) is 0 Å². The number of hydrogen-bond acceptors (Lipinski definition) is 1. The molecule has 0 aliphatic rings. The average Bonchev–Trinajstić information content (AvgIpc) is 2.77. The van der Waals surface area contributed by atoms with Crippen LogP contribution < -0.4 is 0 Å². The lowest BCUT2D eigenvalue weighted by atomic mass is 10.1. The number of aromatic amines is 1. The predicted octanol–water partition coefficient (Wildman–Crippen LogP) is 3.82. The molecule has 18 heavy (non-hydrogen) atoms. The normalized spacial score (nSPS) is 11.0. The quantitative estimate of drug-likeness (QED) is 0.671. The van der Waals surface area contributed by atoms with Crippen LogP contribution in [0.25, 0.3) is 22.2 Å². The van der Waals surface area contributed by atoms with Crippen molar-refractivity contribution in [3.63, 3.8) is 0 Å². The molecule has 90 valence electrons. The van der Waals surface area contributed by atoms with Gasteiger partial charge in [0.2, 0.25) is 0 Å². The summed E-state index contributed by atoms with van der Waals surface area (Å²) in [5.74, 6) is -2.24. The molecule has 0 saturated heterocycles. The van der Waals surface area contributed by atoms with Crippen LogP contribution in [0.1, 0.15) is 0 Å². The number of nitrogens with one attached hydrogen (secondary N) is 1. The number of aromatic hydroxyl groups is 1. The summed E-state index contributed by atoms with van der Waals surface area (Å²) in [5, 5.41) is 10.6. The number of fused-ring (bicyclic) bond motifs is 1. The minimum atomic E-state index is -0.969. The second kappa shape index (κ2) is 3.84. The van der Waals surface area contributed by atoms with E-state index >= 15 is 0 Å². The first-order valence-corrected chi connectivity index (χ1v) is 5.41. The molecule has 3 aromatic rings. The molecule has 0 atom stereocenters. The standard InChI is InChI=1S/C14H9F2NO/c15-9-6-10(14(18)11(16)7-9)13-5-8-3-1-2-4-12(8)17-13/h1-7,17-18H. The van der Waals surface area contributed by atoms with Crippen LogP contribution in [-0.2, 0) is 0 Å². The Kier molecular flexibility index (Phi) is 2.30. The van der Waals surface area contributed by atoms with Crippen molar-refractivity contribution in [2.75, 3.05) is 0 Å². The zero-order chi connectivity index (χ0) is 12.7. The molecular formula is C14H9F2NO. The van der Waals surface area contributed by atoms with Crippen molar-refractivity contribution in [1.29, 1.82) is 0 Å². The largest absolute Gasteiger partial charge is 0.504 e. The van der Waals surface area contributed by atoms with E-state index in [4.69, 9.17) is 0 Å². The van der Waals surface area contributed by atoms with Gasteiger partial charge in [-0.2, -0.15) is 0 Å². The van der Waals surface area contributed by atoms with Gasteiger partial charge in [-0.3, -0.25) is 0 Å². The summed E-state index contributed by atoms with van der Waals surface area (Å²) in [6.45, 7) is 0. The van der Waals surface area contributed by atoms with E-state index in [1.54, 1.807) is 6.07 Å². The monoisotopic (exact) mass is 245 g/mol. The zero-order valence-electron chi connectivity index (χ0n) is 9.24. The third kappa shape index (κ3) is 1.62. The maximum Gasteiger partial charge on any atom is 0.168 e. The fourth-order valence-corrected chi connectivity index (χ4v) is 1.99. The fraction of sp³-hybridized carbons (Fsp3) is 0. The van der Waals surface area contributed by atoms with Crippen LogP contribution in [0.4, 0.5) is 8.78 Å². The molecule has 4 heteroatoms. The summed E-state index contributed by atoms with van der Waals surface area (Å²) in [7, 11) is 0. The Morgan fingerprint density at radius 1 is 1.00 bits per heavy atom. The van der Waals surface area contributed by atoms with E-state index in [0.29, 0.717) is 11.8 Å². The van der Waals surface area contributed by atoms with E-state index in [0.717, 1.165) is 17.0 Å². The van der Waals surface area contributed by atoms with Crippen LogP contribution in [0.15, 0.2) is 42.5 Å². The highest BCUT2D eigenvalue weighted by molar-refractivity contribution is 5.86. The van der Waals surface area contributed by atoms with E-state index < -0.39 is 17.4 Å². The van der Waals surface area contributed by atoms with Crippen molar-refractivity contribution in [3.05, 3.63) is 54.1 Å². The van der Waals surface area contributed by atoms with Crippen LogP contribution >= 0.6 is 0 Å². The molecule has 2 nitrogen and oxygen atoms in total. The maximum absolute atomic E-state index is 13.3. The van der Waals surface area contributed by atoms with Crippen LogP contribution in [0.5, 0.6) is 5.75 Å². The Hall–Kier alpha value is -2.36. The van der Waals surface area contributed by atoms with Crippen molar-refractivity contribution in [1.82, 2.24) is 4.98 Å². The average molecular weight is 245 g/mol. The maximum atomic E-state index is 13.3. The molecule has 0 radical (unpaired) electrons. The Morgan fingerprint density at radius 2 is 1.78 bits per heavy atom. The smallest absolute Gasteiger partial charge is 0.168 e. The van der Waals surface area contributed by atoms with Gasteiger partial charge >= 0.3 is 0 Å². The lowest BCUT2D eigenvalue weighted by molar-refractivity contribution is 0.430. The van der Waals surface area contributed by atoms with E-state index in [9.17, 15) is 13.9 Å². The molecular weight excluding hydrogens is 236 g/mol. The molecule has 2 aromatic carbocycles. The van der Waals surface area contributed by atoms with Crippen LogP contribution in [0.3, 0.4) is 0 Å². The number of rotatable bonds is 1. The van der Waals surface area contributed by atoms with Gasteiger partial charge in [0.15, 0.2) is 11.6 Å². The summed E-state index contributed by atoms with van der Waals surface area (Å²) in [5.41, 5.74) is 1.44. The zero-order valence-corrected chi connectivity index (χ0v) is 9.24. The van der Waals surface area contributed by atoms with Gasteiger partial charge in [0.25, 0.3) is 0 Å². The van der Waals surface area contributed by atoms with E-state index in [-0.39, 0.29) is 5.56 Å². The molecule has 0 fully saturated rings. The van der Waals surface area contributed by atoms with Gasteiger partial charge in [-0.05, 0) is 18.2 Å². The number of H-pyrrole nitrogens is 1. The lowest BCUT2D eigenvalue weighted by Crippen LogP contribution is -1.86. The highest BCUT2D eigenvalue weighted by Crippen LogP contribution is 2.33. The minimum absolute atomic E-state index is 0.115. The molecule has 0 amide bonds. The van der Waals surface area contributed by atoms with Crippen molar-refractivity contribution in [3.8, 4) is 17.0 Å². The number of phenols is 1. The van der Waals surface area contributed by atoms with Gasteiger partial charge < -0.3 is 10.1 Å². The highest BCUT2D eigenvalue weighted by atomic mass is 19.1. The Balaban J connectivity index is 2.26. The molecule has 3 rings (SSSR count). The van der Waals surface area contributed by atoms with Crippen molar-refractivity contribution >= 4 is 10.9 Å². The molecule has 1 aromatic heterocycles. The number of hydrogen-bond donors (Lipinski definition) is 2. The van der Waals surface area contributed by atoms with Gasteiger partial charge in [0.05, 0.1) is 5.69 Å². The summed E-state index contributed by atoms with van der Waals surface area (Å²) >= 11 is 0. The second-order valence-corrected chi connectivity index (χ2v) is 4.05. The summed E-state index contributed by atoms with van der Waals surface area (Å²) in [4.78, 5) is 3.01. The lowest BCUT2D eigenvalue weighted by Gasteiger charge is -2.03. The van der Waals surface area contributed by atoms with Gasteiger partial charge in [-0.25, -0.2) is 8.78 Å². The first-order chi connectivity index (χ1) is 8.65. The first-order valence-electron chi connectivity index (χ1n) is 5.41. The highest BCUT2D eigenvalue weighted by Gasteiger charge is 2.13. The molecule has 2 N–H and O–H groups in total. The Bertz CT molecular complexity index is 701. The number of para-hydroxylation sites is 1. The third-order valence-corrected chi connectivity index (χ3v) is 2.85. The number of phenolic OH excluding ortho intramolecular Hbond substituents is 1. The van der Waals surface area contributed by atoms with E-state index in [1.165, 1.54) is 0 Å². The molecule has 0 spiro atoms. The summed E-state index contributed by atoms with van der Waals surface area (Å²) in [6, 6.07) is 10.9. The van der Waals surface area contributed by atoms with E-state index in [1.807, 2.05) is 24.3 Å². The summed E-state index contributed by atoms with van der Waals surface area (Å²) < 4.78 is 26.5. The Morgan fingerprint density at radius 3 is 2.56 bits per heavy atom. The predicted molar refractivity (Wildman–Crippen MR) is 65.3 cm³/mol. The minimum Gasteiger partial charge on any atom is -0.504 e. The van der Waals surface area contributed by atoms with Crippen molar-refractivity contribution in [2.24, 2.45) is 0 Å². The van der Waals surface area contributed by atoms with Crippen LogP contribution in [0.2, 0.25) is 0 Å². The van der Waals surface area contributed by atoms with Crippen molar-refractivity contribution < 1.29 is 13.9 Å². The van der Waals surface area contributed by atoms with E-state index in [2.05, 4.69) is 4.98 Å². The molecule has 0 aliphatic carbocycles.